The van der Waals surface area contributed by atoms with Crippen LogP contribution < -0.4 is 10.6 Å². The van der Waals surface area contributed by atoms with Crippen LogP contribution >= 0.6 is 0 Å². The minimum atomic E-state index is -0.551. The normalized spacial score (nSPS) is 13.6. The van der Waals surface area contributed by atoms with Crippen LogP contribution in [0.4, 0.5) is 10.5 Å². The van der Waals surface area contributed by atoms with Gasteiger partial charge in [0, 0.05) is 24.3 Å². The molecule has 1 aromatic heterocycles. The maximum Gasteiger partial charge on any atom is 0.407 e. The lowest BCUT2D eigenvalue weighted by Crippen LogP contribution is -2.32. The molecule has 0 bridgehead atoms. The molecule has 1 aliphatic rings. The van der Waals surface area contributed by atoms with Crippen molar-refractivity contribution in [2.24, 2.45) is 0 Å². The molecule has 0 fully saturated rings. The quantitative estimate of drug-likeness (QED) is 0.749. The third kappa shape index (κ3) is 4.76. The van der Waals surface area contributed by atoms with Crippen LogP contribution in [0.2, 0.25) is 0 Å². The standard InChI is InChI=1S/C20H24N4O4/c1-20(2,3)28-19(27)21-11-12-7-9-13(10-8-12)22-18(26)17-16-14(23-24-17)5-4-6-15(16)25/h7-10H,4-6,11H2,1-3H3,(H,21,27)(H,22,26)(H,23,24). The van der Waals surface area contributed by atoms with Gasteiger partial charge in [-0.05, 0) is 51.3 Å². The lowest BCUT2D eigenvalue weighted by molar-refractivity contribution is 0.0523. The zero-order chi connectivity index (χ0) is 20.3. The summed E-state index contributed by atoms with van der Waals surface area (Å²) in [5.41, 5.74) is 2.15. The highest BCUT2D eigenvalue weighted by Gasteiger charge is 2.27. The molecule has 148 valence electrons. The fourth-order valence-corrected chi connectivity index (χ4v) is 2.96. The molecule has 3 rings (SSSR count). The fraction of sp³-hybridized carbons (Fsp3) is 0.400. The van der Waals surface area contributed by atoms with E-state index < -0.39 is 17.6 Å². The Balaban J connectivity index is 1.59. The first-order chi connectivity index (χ1) is 13.2. The number of hydrogen-bond donors (Lipinski definition) is 3. The van der Waals surface area contributed by atoms with Gasteiger partial charge in [-0.3, -0.25) is 14.7 Å². The minimum Gasteiger partial charge on any atom is -0.444 e. The number of carbonyl (C=O) groups is 3. The molecular weight excluding hydrogens is 360 g/mol. The van der Waals surface area contributed by atoms with E-state index in [-0.39, 0.29) is 11.5 Å². The smallest absolute Gasteiger partial charge is 0.407 e. The van der Waals surface area contributed by atoms with Crippen LogP contribution in [0.1, 0.15) is 65.7 Å². The molecule has 0 unspecified atom stereocenters. The van der Waals surface area contributed by atoms with Crippen LogP contribution in [0.5, 0.6) is 0 Å². The zero-order valence-electron chi connectivity index (χ0n) is 16.2. The van der Waals surface area contributed by atoms with Crippen LogP contribution in [0.15, 0.2) is 24.3 Å². The van der Waals surface area contributed by atoms with Gasteiger partial charge in [0.15, 0.2) is 11.5 Å². The van der Waals surface area contributed by atoms with Crippen LogP contribution in [0.25, 0.3) is 0 Å². The molecule has 28 heavy (non-hydrogen) atoms. The van der Waals surface area contributed by atoms with E-state index >= 15 is 0 Å². The number of H-pyrrole nitrogens is 1. The average Bonchev–Trinajstić information content (AvgIpc) is 3.05. The summed E-state index contributed by atoms with van der Waals surface area (Å²) in [5.74, 6) is -0.476. The van der Waals surface area contributed by atoms with Crippen LogP contribution in [-0.2, 0) is 17.7 Å². The van der Waals surface area contributed by atoms with Gasteiger partial charge in [-0.15, -0.1) is 0 Å². The Kier molecular flexibility index (Phi) is 5.48. The van der Waals surface area contributed by atoms with Gasteiger partial charge < -0.3 is 15.4 Å². The first-order valence-electron chi connectivity index (χ1n) is 9.20. The number of alkyl carbamates (subject to hydrolysis) is 1. The van der Waals surface area contributed by atoms with E-state index in [1.165, 1.54) is 0 Å². The molecule has 8 heteroatoms. The number of nitrogens with one attached hydrogen (secondary N) is 3. The molecule has 2 amide bonds. The summed E-state index contributed by atoms with van der Waals surface area (Å²) in [4.78, 5) is 36.3. The third-order valence-electron chi connectivity index (χ3n) is 4.21. The summed E-state index contributed by atoms with van der Waals surface area (Å²) in [6.45, 7) is 5.71. The van der Waals surface area contributed by atoms with Gasteiger partial charge >= 0.3 is 6.09 Å². The summed E-state index contributed by atoms with van der Waals surface area (Å²) < 4.78 is 5.19. The molecule has 8 nitrogen and oxygen atoms in total. The average molecular weight is 384 g/mol. The van der Waals surface area contributed by atoms with Gasteiger partial charge in [-0.25, -0.2) is 4.79 Å². The second-order valence-corrected chi connectivity index (χ2v) is 7.71. The molecule has 0 saturated carbocycles. The Hall–Kier alpha value is -3.16. The summed E-state index contributed by atoms with van der Waals surface area (Å²) >= 11 is 0. The summed E-state index contributed by atoms with van der Waals surface area (Å²) in [6.07, 6.45) is 1.44. The van der Waals surface area contributed by atoms with Crippen molar-refractivity contribution in [3.63, 3.8) is 0 Å². The highest BCUT2D eigenvalue weighted by atomic mass is 16.6. The number of fused-ring (bicyclic) bond motifs is 1. The summed E-state index contributed by atoms with van der Waals surface area (Å²) in [7, 11) is 0. The van der Waals surface area contributed by atoms with E-state index in [9.17, 15) is 14.4 Å². The highest BCUT2D eigenvalue weighted by Crippen LogP contribution is 2.23. The van der Waals surface area contributed by atoms with Crippen molar-refractivity contribution in [2.75, 3.05) is 5.32 Å². The van der Waals surface area contributed by atoms with E-state index in [1.54, 1.807) is 45.0 Å². The monoisotopic (exact) mass is 384 g/mol. The number of benzene rings is 1. The number of Topliss-reactive ketones (excluding diaryl/α,β-unsaturated/α-hetero) is 1. The maximum atomic E-state index is 12.5. The van der Waals surface area contributed by atoms with E-state index in [4.69, 9.17) is 4.74 Å². The molecule has 1 aromatic carbocycles. The van der Waals surface area contributed by atoms with E-state index in [0.717, 1.165) is 24.1 Å². The fourth-order valence-electron chi connectivity index (χ4n) is 2.96. The number of anilines is 1. The Morgan fingerprint density at radius 1 is 1.18 bits per heavy atom. The second kappa shape index (κ2) is 7.84. The Labute approximate surface area is 163 Å². The molecule has 0 saturated heterocycles. The number of ketones is 1. The molecule has 1 aliphatic carbocycles. The van der Waals surface area contributed by atoms with Crippen molar-refractivity contribution in [1.29, 1.82) is 0 Å². The van der Waals surface area contributed by atoms with Gasteiger partial charge in [0.05, 0.1) is 5.56 Å². The molecule has 0 spiro atoms. The van der Waals surface area contributed by atoms with Gasteiger partial charge in [0.25, 0.3) is 5.91 Å². The SMILES string of the molecule is CC(C)(C)OC(=O)NCc1ccc(NC(=O)c2n[nH]c3c2C(=O)CCC3)cc1. The van der Waals surface area contributed by atoms with E-state index in [1.807, 2.05) is 0 Å². The van der Waals surface area contributed by atoms with Crippen molar-refractivity contribution in [2.45, 2.75) is 52.2 Å². The largest absolute Gasteiger partial charge is 0.444 e. The highest BCUT2D eigenvalue weighted by molar-refractivity contribution is 6.12. The lowest BCUT2D eigenvalue weighted by atomic mass is 9.94. The predicted octanol–water partition coefficient (Wildman–Crippen LogP) is 3.21. The van der Waals surface area contributed by atoms with Crippen molar-refractivity contribution in [1.82, 2.24) is 15.5 Å². The molecule has 0 atom stereocenters. The number of rotatable bonds is 4. The Morgan fingerprint density at radius 2 is 1.89 bits per heavy atom. The van der Waals surface area contributed by atoms with E-state index in [2.05, 4.69) is 20.8 Å². The Morgan fingerprint density at radius 3 is 2.57 bits per heavy atom. The molecule has 0 radical (unpaired) electrons. The van der Waals surface area contributed by atoms with Crippen LogP contribution in [0, 0.1) is 0 Å². The molecule has 3 N–H and O–H groups in total. The summed E-state index contributed by atoms with van der Waals surface area (Å²) in [6, 6.07) is 7.03. The molecular formula is C20H24N4O4. The minimum absolute atomic E-state index is 0.0521. The first-order valence-corrected chi connectivity index (χ1v) is 9.20. The van der Waals surface area contributed by atoms with E-state index in [0.29, 0.717) is 24.2 Å². The molecule has 1 heterocycles. The lowest BCUT2D eigenvalue weighted by Gasteiger charge is -2.19. The maximum absolute atomic E-state index is 12.5. The van der Waals surface area contributed by atoms with Crippen LogP contribution in [-0.4, -0.2) is 33.6 Å². The van der Waals surface area contributed by atoms with Crippen molar-refractivity contribution < 1.29 is 19.1 Å². The molecule has 0 aliphatic heterocycles. The van der Waals surface area contributed by atoms with Crippen LogP contribution in [0.3, 0.4) is 0 Å². The van der Waals surface area contributed by atoms with Crippen molar-refractivity contribution in [3.8, 4) is 0 Å². The van der Waals surface area contributed by atoms with Gasteiger partial charge in [0.1, 0.15) is 5.60 Å². The van der Waals surface area contributed by atoms with Crippen molar-refractivity contribution in [3.05, 3.63) is 46.8 Å². The number of nitrogens with zero attached hydrogens (tertiary/aromatic N) is 1. The number of carbonyl (C=O) groups excluding carboxylic acids is 3. The number of aromatic nitrogens is 2. The molecule has 2 aromatic rings. The number of hydrogen-bond acceptors (Lipinski definition) is 5. The number of amides is 2. The number of aromatic amines is 1. The first kappa shape index (κ1) is 19.6. The Bertz CT molecular complexity index is 894. The van der Waals surface area contributed by atoms with Gasteiger partial charge in [0.2, 0.25) is 0 Å². The van der Waals surface area contributed by atoms with Gasteiger partial charge in [-0.1, -0.05) is 12.1 Å². The van der Waals surface area contributed by atoms with Gasteiger partial charge in [-0.2, -0.15) is 5.10 Å². The number of ether oxygens (including phenoxy) is 1. The topological polar surface area (TPSA) is 113 Å². The second-order valence-electron chi connectivity index (χ2n) is 7.71. The third-order valence-corrected chi connectivity index (χ3v) is 4.21. The predicted molar refractivity (Wildman–Crippen MR) is 103 cm³/mol. The number of aryl methyl sites for hydroxylation is 1. The summed E-state index contributed by atoms with van der Waals surface area (Å²) in [5, 5.41) is 12.2. The van der Waals surface area contributed by atoms with Crippen molar-refractivity contribution >= 4 is 23.5 Å². The zero-order valence-corrected chi connectivity index (χ0v) is 16.2.